The molecule has 0 heterocycles. The molecule has 1 aromatic rings. The van der Waals surface area contributed by atoms with Gasteiger partial charge in [-0.1, -0.05) is 30.7 Å². The number of aliphatic hydroxyl groups excluding tert-OH is 1. The quantitative estimate of drug-likeness (QED) is 0.882. The average molecular weight is 247 g/mol. The van der Waals surface area contributed by atoms with Gasteiger partial charge in [0.05, 0.1) is 6.10 Å². The normalized spacial score (nSPS) is 18.8. The summed E-state index contributed by atoms with van der Waals surface area (Å²) in [6, 6.07) is 8.40. The van der Waals surface area contributed by atoms with Gasteiger partial charge in [0.15, 0.2) is 0 Å². The SMILES string of the molecule is CN(C)C(C)(C)C(O)c1ccccc1C1CCC1. The van der Waals surface area contributed by atoms with Gasteiger partial charge in [-0.25, -0.2) is 0 Å². The van der Waals surface area contributed by atoms with Crippen LogP contribution in [0.1, 0.15) is 56.3 Å². The predicted octanol–water partition coefficient (Wildman–Crippen LogP) is 3.33. The molecule has 1 aliphatic carbocycles. The first-order valence-electron chi connectivity index (χ1n) is 6.89. The highest BCUT2D eigenvalue weighted by Gasteiger charge is 2.34. The fourth-order valence-electron chi connectivity index (χ4n) is 2.48. The van der Waals surface area contributed by atoms with E-state index in [2.05, 4.69) is 36.9 Å². The van der Waals surface area contributed by atoms with E-state index in [1.165, 1.54) is 24.8 Å². The van der Waals surface area contributed by atoms with Gasteiger partial charge in [-0.3, -0.25) is 0 Å². The highest BCUT2D eigenvalue weighted by molar-refractivity contribution is 5.35. The molecule has 100 valence electrons. The van der Waals surface area contributed by atoms with Crippen LogP contribution >= 0.6 is 0 Å². The van der Waals surface area contributed by atoms with Gasteiger partial charge in [0.1, 0.15) is 0 Å². The summed E-state index contributed by atoms with van der Waals surface area (Å²) in [6.07, 6.45) is 3.43. The van der Waals surface area contributed by atoms with Gasteiger partial charge in [0.2, 0.25) is 0 Å². The average Bonchev–Trinajstić information content (AvgIpc) is 2.26. The third kappa shape index (κ3) is 2.32. The summed E-state index contributed by atoms with van der Waals surface area (Å²) in [6.45, 7) is 4.18. The number of benzene rings is 1. The summed E-state index contributed by atoms with van der Waals surface area (Å²) in [5.41, 5.74) is 2.21. The van der Waals surface area contributed by atoms with E-state index in [1.54, 1.807) is 0 Å². The van der Waals surface area contributed by atoms with Gasteiger partial charge in [-0.2, -0.15) is 0 Å². The van der Waals surface area contributed by atoms with Crippen molar-refractivity contribution < 1.29 is 5.11 Å². The maximum absolute atomic E-state index is 10.7. The Bertz CT molecular complexity index is 407. The Labute approximate surface area is 111 Å². The van der Waals surface area contributed by atoms with Crippen LogP contribution in [0.3, 0.4) is 0 Å². The van der Waals surface area contributed by atoms with Crippen LogP contribution in [-0.2, 0) is 0 Å². The van der Waals surface area contributed by atoms with Crippen LogP contribution in [0.25, 0.3) is 0 Å². The van der Waals surface area contributed by atoms with Crippen LogP contribution in [0.5, 0.6) is 0 Å². The number of likely N-dealkylation sites (N-methyl/N-ethyl adjacent to an activating group) is 1. The molecule has 0 amide bonds. The summed E-state index contributed by atoms with van der Waals surface area (Å²) >= 11 is 0. The minimum atomic E-state index is -0.440. The van der Waals surface area contributed by atoms with E-state index in [0.29, 0.717) is 5.92 Å². The van der Waals surface area contributed by atoms with E-state index in [1.807, 2.05) is 20.2 Å². The van der Waals surface area contributed by atoms with Crippen molar-refractivity contribution in [2.24, 2.45) is 0 Å². The van der Waals surface area contributed by atoms with Gasteiger partial charge in [-0.15, -0.1) is 0 Å². The standard InChI is InChI=1S/C16H25NO/c1-16(2,17(3)4)15(18)14-11-6-5-10-13(14)12-8-7-9-12/h5-6,10-12,15,18H,7-9H2,1-4H3. The molecular weight excluding hydrogens is 222 g/mol. The number of aliphatic hydroxyl groups is 1. The van der Waals surface area contributed by atoms with E-state index in [9.17, 15) is 5.11 Å². The Morgan fingerprint density at radius 3 is 2.33 bits per heavy atom. The highest BCUT2D eigenvalue weighted by Crippen LogP contribution is 2.41. The van der Waals surface area contributed by atoms with Crippen molar-refractivity contribution in [1.29, 1.82) is 0 Å². The number of hydrogen-bond donors (Lipinski definition) is 1. The second kappa shape index (κ2) is 5.02. The Morgan fingerprint density at radius 1 is 1.22 bits per heavy atom. The maximum Gasteiger partial charge on any atom is 0.0970 e. The summed E-state index contributed by atoms with van der Waals surface area (Å²) in [4.78, 5) is 2.09. The molecular formula is C16H25NO. The van der Waals surface area contributed by atoms with Crippen molar-refractivity contribution in [3.63, 3.8) is 0 Å². The summed E-state index contributed by atoms with van der Waals surface area (Å²) in [5.74, 6) is 0.661. The first-order valence-corrected chi connectivity index (χ1v) is 6.89. The van der Waals surface area contributed by atoms with Crippen molar-refractivity contribution in [2.45, 2.75) is 50.7 Å². The molecule has 1 unspecified atom stereocenters. The molecule has 0 aliphatic heterocycles. The van der Waals surface area contributed by atoms with Crippen LogP contribution in [0.4, 0.5) is 0 Å². The van der Waals surface area contributed by atoms with Crippen LogP contribution in [0.15, 0.2) is 24.3 Å². The summed E-state index contributed by atoms with van der Waals surface area (Å²) in [5, 5.41) is 10.7. The molecule has 0 bridgehead atoms. The minimum absolute atomic E-state index is 0.250. The van der Waals surface area contributed by atoms with Crippen LogP contribution < -0.4 is 0 Å². The minimum Gasteiger partial charge on any atom is -0.386 e. The van der Waals surface area contributed by atoms with E-state index >= 15 is 0 Å². The van der Waals surface area contributed by atoms with Crippen molar-refractivity contribution in [3.05, 3.63) is 35.4 Å². The van der Waals surface area contributed by atoms with Gasteiger partial charge in [0.25, 0.3) is 0 Å². The molecule has 1 saturated carbocycles. The van der Waals surface area contributed by atoms with Crippen LogP contribution in [0.2, 0.25) is 0 Å². The topological polar surface area (TPSA) is 23.5 Å². The van der Waals surface area contributed by atoms with E-state index < -0.39 is 6.10 Å². The Hall–Kier alpha value is -0.860. The Morgan fingerprint density at radius 2 is 1.83 bits per heavy atom. The number of nitrogens with zero attached hydrogens (tertiary/aromatic N) is 1. The van der Waals surface area contributed by atoms with Gasteiger partial charge in [0, 0.05) is 5.54 Å². The number of hydrogen-bond acceptors (Lipinski definition) is 2. The molecule has 2 heteroatoms. The molecule has 0 saturated heterocycles. The second-order valence-corrected chi connectivity index (χ2v) is 6.21. The van der Waals surface area contributed by atoms with Crippen molar-refractivity contribution in [2.75, 3.05) is 14.1 Å². The molecule has 1 atom stereocenters. The van der Waals surface area contributed by atoms with Gasteiger partial charge < -0.3 is 10.0 Å². The molecule has 18 heavy (non-hydrogen) atoms. The third-order valence-corrected chi connectivity index (χ3v) is 4.66. The summed E-state index contributed by atoms with van der Waals surface area (Å²) < 4.78 is 0. The molecule has 1 aliphatic rings. The molecule has 1 fully saturated rings. The van der Waals surface area contributed by atoms with Gasteiger partial charge in [-0.05, 0) is 57.8 Å². The lowest BCUT2D eigenvalue weighted by Gasteiger charge is -2.39. The second-order valence-electron chi connectivity index (χ2n) is 6.21. The van der Waals surface area contributed by atoms with Crippen LogP contribution in [-0.4, -0.2) is 29.6 Å². The molecule has 2 nitrogen and oxygen atoms in total. The molecule has 2 rings (SSSR count). The van der Waals surface area contributed by atoms with Crippen LogP contribution in [0, 0.1) is 0 Å². The Balaban J connectivity index is 2.32. The zero-order chi connectivity index (χ0) is 13.3. The molecule has 1 N–H and O–H groups in total. The predicted molar refractivity (Wildman–Crippen MR) is 75.8 cm³/mol. The number of rotatable bonds is 4. The maximum atomic E-state index is 10.7. The molecule has 1 aromatic carbocycles. The molecule has 0 spiro atoms. The first kappa shape index (κ1) is 13.6. The fraction of sp³-hybridized carbons (Fsp3) is 0.625. The summed E-state index contributed by atoms with van der Waals surface area (Å²) in [7, 11) is 4.05. The van der Waals surface area contributed by atoms with Crippen molar-refractivity contribution in [1.82, 2.24) is 4.90 Å². The lowest BCUT2D eigenvalue weighted by molar-refractivity contribution is 0.0154. The van der Waals surface area contributed by atoms with Gasteiger partial charge >= 0.3 is 0 Å². The smallest absolute Gasteiger partial charge is 0.0970 e. The van der Waals surface area contributed by atoms with E-state index in [-0.39, 0.29) is 5.54 Å². The highest BCUT2D eigenvalue weighted by atomic mass is 16.3. The molecule has 0 radical (unpaired) electrons. The van der Waals surface area contributed by atoms with E-state index in [0.717, 1.165) is 5.56 Å². The zero-order valence-corrected chi connectivity index (χ0v) is 12.0. The lowest BCUT2D eigenvalue weighted by Crippen LogP contribution is -2.44. The monoisotopic (exact) mass is 247 g/mol. The fourth-order valence-corrected chi connectivity index (χ4v) is 2.48. The van der Waals surface area contributed by atoms with Crippen molar-refractivity contribution in [3.8, 4) is 0 Å². The van der Waals surface area contributed by atoms with E-state index in [4.69, 9.17) is 0 Å². The zero-order valence-electron chi connectivity index (χ0n) is 12.0. The molecule has 0 aromatic heterocycles. The third-order valence-electron chi connectivity index (χ3n) is 4.66. The largest absolute Gasteiger partial charge is 0.386 e. The van der Waals surface area contributed by atoms with Crippen molar-refractivity contribution >= 4 is 0 Å². The Kier molecular flexibility index (Phi) is 3.79. The lowest BCUT2D eigenvalue weighted by atomic mass is 9.75. The first-order chi connectivity index (χ1) is 8.44.